The predicted octanol–water partition coefficient (Wildman–Crippen LogP) is 2.23. The van der Waals surface area contributed by atoms with Gasteiger partial charge in [-0.2, -0.15) is 4.57 Å². The van der Waals surface area contributed by atoms with Crippen LogP contribution in [0.15, 0.2) is 30.6 Å². The van der Waals surface area contributed by atoms with Gasteiger partial charge in [0.05, 0.1) is 6.61 Å². The fraction of sp³-hybridized carbons (Fsp3) is 0.600. The van der Waals surface area contributed by atoms with Crippen LogP contribution in [0.4, 0.5) is 0 Å². The van der Waals surface area contributed by atoms with Crippen LogP contribution in [0.1, 0.15) is 47.0 Å². The van der Waals surface area contributed by atoms with Gasteiger partial charge in [-0.25, -0.2) is 0 Å². The maximum absolute atomic E-state index is 12.8. The molecule has 0 aromatic carbocycles. The number of esters is 2. The van der Waals surface area contributed by atoms with E-state index in [1.54, 1.807) is 30.8 Å². The van der Waals surface area contributed by atoms with Crippen molar-refractivity contribution in [2.45, 2.75) is 59.1 Å². The summed E-state index contributed by atoms with van der Waals surface area (Å²) in [5, 5.41) is 0. The third-order valence-electron chi connectivity index (χ3n) is 4.86. The molecule has 0 aliphatic carbocycles. The van der Waals surface area contributed by atoms with Gasteiger partial charge in [-0.3, -0.25) is 14.4 Å². The molecule has 6 heteroatoms. The van der Waals surface area contributed by atoms with Crippen LogP contribution in [-0.2, 0) is 30.4 Å². The lowest BCUT2D eigenvalue weighted by atomic mass is 9.75. The van der Waals surface area contributed by atoms with Gasteiger partial charge in [-0.15, -0.1) is 0 Å². The molecule has 0 amide bonds. The third-order valence-corrected chi connectivity index (χ3v) is 4.86. The summed E-state index contributed by atoms with van der Waals surface area (Å²) in [5.41, 5.74) is -2.73. The monoisotopic (exact) mass is 362 g/mol. The summed E-state index contributed by atoms with van der Waals surface area (Å²) < 4.78 is 12.4. The Morgan fingerprint density at radius 2 is 1.92 bits per heavy atom. The second kappa shape index (κ2) is 7.98. The Hall–Kier alpha value is -2.24. The van der Waals surface area contributed by atoms with E-state index < -0.39 is 23.0 Å². The fourth-order valence-electron chi connectivity index (χ4n) is 3.27. The fourth-order valence-corrected chi connectivity index (χ4v) is 3.27. The summed E-state index contributed by atoms with van der Waals surface area (Å²) in [4.78, 5) is 38.2. The largest absolute Gasteiger partial charge is 0.465 e. The van der Waals surface area contributed by atoms with Gasteiger partial charge in [0.1, 0.15) is 0 Å². The van der Waals surface area contributed by atoms with Crippen LogP contribution in [0, 0.1) is 11.3 Å². The van der Waals surface area contributed by atoms with Crippen molar-refractivity contribution in [2.24, 2.45) is 11.3 Å². The van der Waals surface area contributed by atoms with Gasteiger partial charge in [0, 0.05) is 18.6 Å². The Morgan fingerprint density at radius 1 is 1.27 bits per heavy atom. The zero-order chi connectivity index (χ0) is 19.4. The molecule has 0 saturated carbocycles. The van der Waals surface area contributed by atoms with Gasteiger partial charge in [0.15, 0.2) is 23.4 Å². The second-order valence-electron chi connectivity index (χ2n) is 7.50. The first kappa shape index (κ1) is 20.1. The smallest absolute Gasteiger partial charge is 0.324 e. The summed E-state index contributed by atoms with van der Waals surface area (Å²) in [6.07, 6.45) is 4.57. The third kappa shape index (κ3) is 4.11. The Morgan fingerprint density at radius 3 is 2.50 bits per heavy atom. The molecular weight excluding hydrogens is 334 g/mol. The quantitative estimate of drug-likeness (QED) is 0.403. The van der Waals surface area contributed by atoms with Crippen LogP contribution in [0.2, 0.25) is 0 Å². The van der Waals surface area contributed by atoms with E-state index in [0.29, 0.717) is 18.8 Å². The number of ether oxygens (including phenoxy) is 2. The number of hydrogen-bond donors (Lipinski definition) is 0. The van der Waals surface area contributed by atoms with Crippen molar-refractivity contribution in [3.63, 3.8) is 0 Å². The number of cyclic esters (lactones) is 1. The lowest BCUT2D eigenvalue weighted by Gasteiger charge is -2.24. The molecule has 1 aromatic heterocycles. The van der Waals surface area contributed by atoms with E-state index in [1.807, 2.05) is 32.0 Å². The highest BCUT2D eigenvalue weighted by Crippen LogP contribution is 2.46. The van der Waals surface area contributed by atoms with Crippen molar-refractivity contribution in [1.29, 1.82) is 0 Å². The molecule has 0 radical (unpaired) electrons. The SMILES string of the molecule is CCOC(=O)[C@@]1(CCC(C)C)C[C@](C)(C(=O)C[n+]2ccccc2)OC1=O. The van der Waals surface area contributed by atoms with E-state index in [4.69, 9.17) is 9.47 Å². The van der Waals surface area contributed by atoms with E-state index >= 15 is 0 Å². The molecular formula is C20H28NO5+. The van der Waals surface area contributed by atoms with Crippen molar-refractivity contribution in [1.82, 2.24) is 0 Å². The normalized spacial score (nSPS) is 25.2. The highest BCUT2D eigenvalue weighted by molar-refractivity contribution is 6.05. The molecule has 0 N–H and O–H groups in total. The minimum absolute atomic E-state index is 0.0244. The molecule has 2 atom stereocenters. The summed E-state index contributed by atoms with van der Waals surface area (Å²) in [7, 11) is 0. The van der Waals surface area contributed by atoms with Crippen molar-refractivity contribution >= 4 is 17.7 Å². The molecule has 2 rings (SSSR count). The second-order valence-corrected chi connectivity index (χ2v) is 7.50. The van der Waals surface area contributed by atoms with E-state index in [1.165, 1.54) is 0 Å². The van der Waals surface area contributed by atoms with E-state index in [-0.39, 0.29) is 25.4 Å². The van der Waals surface area contributed by atoms with Crippen LogP contribution >= 0.6 is 0 Å². The molecule has 2 heterocycles. The van der Waals surface area contributed by atoms with E-state index in [0.717, 1.165) is 0 Å². The summed E-state index contributed by atoms with van der Waals surface area (Å²) in [6.45, 7) is 7.59. The molecule has 1 aromatic rings. The standard InChI is InChI=1S/C20H28NO5/c1-5-25-17(23)20(10-9-15(2)3)14-19(4,26-18(20)24)16(22)13-21-11-7-6-8-12-21/h6-8,11-12,15H,5,9-10,13-14H2,1-4H3/q+1/t19-,20-/m1/s1. The number of carbonyl (C=O) groups excluding carboxylic acids is 3. The van der Waals surface area contributed by atoms with Gasteiger partial charge in [-0.1, -0.05) is 19.9 Å². The first-order valence-corrected chi connectivity index (χ1v) is 9.11. The maximum atomic E-state index is 12.8. The topological polar surface area (TPSA) is 73.6 Å². The molecule has 142 valence electrons. The average Bonchev–Trinajstić information content (AvgIpc) is 2.87. The molecule has 0 bridgehead atoms. The molecule has 0 unspecified atom stereocenters. The maximum Gasteiger partial charge on any atom is 0.324 e. The number of pyridine rings is 1. The molecule has 1 saturated heterocycles. The van der Waals surface area contributed by atoms with Crippen LogP contribution in [0.25, 0.3) is 0 Å². The molecule has 0 spiro atoms. The number of nitrogens with zero attached hydrogens (tertiary/aromatic N) is 1. The number of aromatic nitrogens is 1. The average molecular weight is 362 g/mol. The Kier molecular flexibility index (Phi) is 6.16. The van der Waals surface area contributed by atoms with Crippen LogP contribution in [-0.4, -0.2) is 29.9 Å². The first-order valence-electron chi connectivity index (χ1n) is 9.11. The van der Waals surface area contributed by atoms with Gasteiger partial charge in [-0.05, 0) is 32.6 Å². The van der Waals surface area contributed by atoms with Crippen molar-refractivity contribution in [3.8, 4) is 0 Å². The van der Waals surface area contributed by atoms with Crippen molar-refractivity contribution < 1.29 is 28.4 Å². The summed E-state index contributed by atoms with van der Waals surface area (Å²) in [6, 6.07) is 5.50. The molecule has 1 aliphatic heterocycles. The van der Waals surface area contributed by atoms with E-state index in [9.17, 15) is 14.4 Å². The minimum atomic E-state index is -1.40. The van der Waals surface area contributed by atoms with Crippen LogP contribution in [0.3, 0.4) is 0 Å². The van der Waals surface area contributed by atoms with Crippen LogP contribution < -0.4 is 4.57 Å². The van der Waals surface area contributed by atoms with Gasteiger partial charge in [0.2, 0.25) is 12.3 Å². The molecule has 26 heavy (non-hydrogen) atoms. The minimum Gasteiger partial charge on any atom is -0.465 e. The highest BCUT2D eigenvalue weighted by atomic mass is 16.6. The highest BCUT2D eigenvalue weighted by Gasteiger charge is 2.62. The number of hydrogen-bond acceptors (Lipinski definition) is 5. The first-order chi connectivity index (χ1) is 12.2. The Bertz CT molecular complexity index is 672. The van der Waals surface area contributed by atoms with Crippen molar-refractivity contribution in [3.05, 3.63) is 30.6 Å². The molecule has 1 aliphatic rings. The van der Waals surface area contributed by atoms with E-state index in [2.05, 4.69) is 0 Å². The summed E-state index contributed by atoms with van der Waals surface area (Å²) in [5.74, 6) is -1.16. The Balaban J connectivity index is 2.25. The summed E-state index contributed by atoms with van der Waals surface area (Å²) >= 11 is 0. The lowest BCUT2D eigenvalue weighted by molar-refractivity contribution is -0.684. The Labute approximate surface area is 154 Å². The van der Waals surface area contributed by atoms with Gasteiger partial charge < -0.3 is 9.47 Å². The number of carbonyl (C=O) groups is 3. The van der Waals surface area contributed by atoms with Gasteiger partial charge in [0.25, 0.3) is 0 Å². The molecule has 1 fully saturated rings. The van der Waals surface area contributed by atoms with Crippen molar-refractivity contribution in [2.75, 3.05) is 6.61 Å². The zero-order valence-corrected chi connectivity index (χ0v) is 16.0. The molecule has 6 nitrogen and oxygen atoms in total. The number of Topliss-reactive ketones (excluding diaryl/α,β-unsaturated/α-hetero) is 1. The zero-order valence-electron chi connectivity index (χ0n) is 16.0. The predicted molar refractivity (Wildman–Crippen MR) is 93.9 cm³/mol. The van der Waals surface area contributed by atoms with Crippen LogP contribution in [0.5, 0.6) is 0 Å². The number of ketones is 1. The number of rotatable bonds is 8. The van der Waals surface area contributed by atoms with Gasteiger partial charge >= 0.3 is 11.9 Å². The lowest BCUT2D eigenvalue weighted by Crippen LogP contribution is -2.47.